The summed E-state index contributed by atoms with van der Waals surface area (Å²) in [4.78, 5) is 12.9. The van der Waals surface area contributed by atoms with Crippen LogP contribution in [0.3, 0.4) is 0 Å². The first-order chi connectivity index (χ1) is 7.60. The number of rotatable bonds is 4. The molecule has 6 nitrogen and oxygen atoms in total. The summed E-state index contributed by atoms with van der Waals surface area (Å²) >= 11 is 0. The van der Waals surface area contributed by atoms with E-state index in [1.807, 2.05) is 26.0 Å². The minimum atomic E-state index is -3.55. The number of nitrogens with zero attached hydrogens (tertiary/aromatic N) is 1. The highest BCUT2D eigenvalue weighted by Crippen LogP contribution is 1.99. The SMILES string of the molecule is CCOC(=O)C(C)=COS(C)(=O)=O.CN(C)C. The molecule has 102 valence electrons. The van der Waals surface area contributed by atoms with E-state index in [0.717, 1.165) is 12.5 Å². The molecule has 17 heavy (non-hydrogen) atoms. The third kappa shape index (κ3) is 17.5. The van der Waals surface area contributed by atoms with Gasteiger partial charge < -0.3 is 13.8 Å². The predicted octanol–water partition coefficient (Wildman–Crippen LogP) is 0.607. The zero-order chi connectivity index (χ0) is 14.1. The molecule has 0 bridgehead atoms. The zero-order valence-corrected chi connectivity index (χ0v) is 12.0. The molecule has 0 N–H and O–H groups in total. The molecule has 0 aliphatic carbocycles. The van der Waals surface area contributed by atoms with Crippen molar-refractivity contribution in [3.63, 3.8) is 0 Å². The van der Waals surface area contributed by atoms with Crippen molar-refractivity contribution < 1.29 is 22.1 Å². The van der Waals surface area contributed by atoms with E-state index >= 15 is 0 Å². The Morgan fingerprint density at radius 1 is 1.29 bits per heavy atom. The standard InChI is InChI=1S/C7H12O5S.C3H9N/c1-4-11-7(8)6(2)5-12-13(3,9)10;1-4(2)3/h5H,4H2,1-3H3;1-3H3. The molecule has 0 radical (unpaired) electrons. The Morgan fingerprint density at radius 3 is 2.00 bits per heavy atom. The first-order valence-electron chi connectivity index (χ1n) is 4.93. The molecule has 0 saturated carbocycles. The highest BCUT2D eigenvalue weighted by molar-refractivity contribution is 7.86. The molecule has 0 atom stereocenters. The fourth-order valence-electron chi connectivity index (χ4n) is 0.453. The topological polar surface area (TPSA) is 72.9 Å². The first-order valence-corrected chi connectivity index (χ1v) is 6.74. The van der Waals surface area contributed by atoms with Crippen molar-refractivity contribution in [3.05, 3.63) is 11.8 Å². The Hall–Kier alpha value is -1.08. The molecule has 0 aromatic heterocycles. The fraction of sp³-hybridized carbons (Fsp3) is 0.700. The number of carbonyl (C=O) groups is 1. The van der Waals surface area contributed by atoms with Gasteiger partial charge in [-0.15, -0.1) is 0 Å². The van der Waals surface area contributed by atoms with Gasteiger partial charge in [-0.25, -0.2) is 4.79 Å². The number of hydrogen-bond acceptors (Lipinski definition) is 6. The smallest absolute Gasteiger partial charge is 0.336 e. The monoisotopic (exact) mass is 267 g/mol. The second-order valence-corrected chi connectivity index (χ2v) is 5.26. The average molecular weight is 267 g/mol. The summed E-state index contributed by atoms with van der Waals surface area (Å²) in [6.07, 6.45) is 1.75. The molecule has 0 fully saturated rings. The zero-order valence-electron chi connectivity index (χ0n) is 11.2. The predicted molar refractivity (Wildman–Crippen MR) is 65.9 cm³/mol. The van der Waals surface area contributed by atoms with Crippen LogP contribution in [0.2, 0.25) is 0 Å². The maximum atomic E-state index is 10.9. The van der Waals surface area contributed by atoms with Gasteiger partial charge in [0.05, 0.1) is 18.4 Å². The molecule has 0 aromatic rings. The largest absolute Gasteiger partial charge is 0.463 e. The van der Waals surface area contributed by atoms with Crippen LogP contribution in [-0.2, 0) is 23.8 Å². The molecule has 0 aliphatic heterocycles. The lowest BCUT2D eigenvalue weighted by atomic mass is 10.3. The van der Waals surface area contributed by atoms with Gasteiger partial charge in [-0.2, -0.15) is 8.42 Å². The summed E-state index contributed by atoms with van der Waals surface area (Å²) in [5.41, 5.74) is 0.104. The highest BCUT2D eigenvalue weighted by Gasteiger charge is 2.06. The van der Waals surface area contributed by atoms with E-state index in [9.17, 15) is 13.2 Å². The Bertz CT molecular complexity index is 343. The van der Waals surface area contributed by atoms with Crippen LogP contribution < -0.4 is 0 Å². The summed E-state index contributed by atoms with van der Waals surface area (Å²) in [5.74, 6) is -0.592. The van der Waals surface area contributed by atoms with Crippen LogP contribution in [0.4, 0.5) is 0 Å². The third-order valence-electron chi connectivity index (χ3n) is 0.997. The van der Waals surface area contributed by atoms with Gasteiger partial charge in [0.25, 0.3) is 0 Å². The summed E-state index contributed by atoms with van der Waals surface area (Å²) < 4.78 is 29.8. The van der Waals surface area contributed by atoms with Gasteiger partial charge in [-0.1, -0.05) is 0 Å². The average Bonchev–Trinajstić information content (AvgIpc) is 2.12. The molecule has 0 saturated heterocycles. The number of ether oxygens (including phenoxy) is 1. The molecule has 0 amide bonds. The number of carbonyl (C=O) groups excluding carboxylic acids is 1. The van der Waals surface area contributed by atoms with Gasteiger partial charge in [-0.3, -0.25) is 0 Å². The highest BCUT2D eigenvalue weighted by atomic mass is 32.2. The van der Waals surface area contributed by atoms with Crippen LogP contribution in [0.25, 0.3) is 0 Å². The van der Waals surface area contributed by atoms with Crippen LogP contribution >= 0.6 is 0 Å². The maximum Gasteiger partial charge on any atom is 0.336 e. The second kappa shape index (κ2) is 9.00. The quantitative estimate of drug-likeness (QED) is 0.321. The lowest BCUT2D eigenvalue weighted by Gasteiger charge is -2.01. The van der Waals surface area contributed by atoms with Crippen molar-refractivity contribution in [1.29, 1.82) is 0 Å². The molecule has 0 heterocycles. The van der Waals surface area contributed by atoms with E-state index in [1.165, 1.54) is 6.92 Å². The Balaban J connectivity index is 0. The van der Waals surface area contributed by atoms with Crippen LogP contribution in [-0.4, -0.2) is 53.3 Å². The molecule has 0 rings (SSSR count). The molecule has 0 aliphatic rings. The second-order valence-electron chi connectivity index (χ2n) is 3.66. The lowest BCUT2D eigenvalue weighted by molar-refractivity contribution is -0.138. The van der Waals surface area contributed by atoms with Crippen molar-refractivity contribution in [2.45, 2.75) is 13.8 Å². The van der Waals surface area contributed by atoms with E-state index in [0.29, 0.717) is 0 Å². The summed E-state index contributed by atoms with van der Waals surface area (Å²) in [7, 11) is 2.45. The van der Waals surface area contributed by atoms with Crippen molar-refractivity contribution in [2.24, 2.45) is 0 Å². The third-order valence-corrected chi connectivity index (χ3v) is 1.44. The molecular formula is C10H21NO5S. The van der Waals surface area contributed by atoms with Gasteiger partial charge in [-0.05, 0) is 35.0 Å². The summed E-state index contributed by atoms with van der Waals surface area (Å²) in [6.45, 7) is 3.30. The maximum absolute atomic E-state index is 10.9. The van der Waals surface area contributed by atoms with Crippen LogP contribution in [0.1, 0.15) is 13.8 Å². The molecule has 0 aromatic carbocycles. The van der Waals surface area contributed by atoms with Gasteiger partial charge in [0.15, 0.2) is 0 Å². The molecular weight excluding hydrogens is 246 g/mol. The molecule has 0 unspecified atom stereocenters. The van der Waals surface area contributed by atoms with E-state index in [1.54, 1.807) is 6.92 Å². The van der Waals surface area contributed by atoms with Gasteiger partial charge >= 0.3 is 16.1 Å². The van der Waals surface area contributed by atoms with Crippen molar-refractivity contribution >= 4 is 16.1 Å². The van der Waals surface area contributed by atoms with Crippen molar-refractivity contribution in [2.75, 3.05) is 34.0 Å². The number of esters is 1. The van der Waals surface area contributed by atoms with Crippen molar-refractivity contribution in [3.8, 4) is 0 Å². The minimum absolute atomic E-state index is 0.104. The fourth-order valence-corrected chi connectivity index (χ4v) is 0.772. The van der Waals surface area contributed by atoms with E-state index in [-0.39, 0.29) is 12.2 Å². The van der Waals surface area contributed by atoms with E-state index < -0.39 is 16.1 Å². The minimum Gasteiger partial charge on any atom is -0.463 e. The lowest BCUT2D eigenvalue weighted by Crippen LogP contribution is -2.06. The first kappa shape index (κ1) is 18.3. The van der Waals surface area contributed by atoms with E-state index in [2.05, 4.69) is 8.92 Å². The van der Waals surface area contributed by atoms with E-state index in [4.69, 9.17) is 0 Å². The Kier molecular flexibility index (Phi) is 9.69. The summed E-state index contributed by atoms with van der Waals surface area (Å²) in [6, 6.07) is 0. The molecule has 0 spiro atoms. The van der Waals surface area contributed by atoms with Crippen LogP contribution in [0.15, 0.2) is 11.8 Å². The number of hydrogen-bond donors (Lipinski definition) is 0. The normalized spacial score (nSPS) is 11.6. The Labute approximate surface area is 103 Å². The van der Waals surface area contributed by atoms with Gasteiger partial charge in [0.2, 0.25) is 0 Å². The Morgan fingerprint density at radius 2 is 1.71 bits per heavy atom. The van der Waals surface area contributed by atoms with Crippen molar-refractivity contribution in [1.82, 2.24) is 4.90 Å². The molecule has 7 heteroatoms. The van der Waals surface area contributed by atoms with Crippen LogP contribution in [0, 0.1) is 0 Å². The van der Waals surface area contributed by atoms with Gasteiger partial charge in [0, 0.05) is 0 Å². The van der Waals surface area contributed by atoms with Crippen LogP contribution in [0.5, 0.6) is 0 Å². The summed E-state index contributed by atoms with van der Waals surface area (Å²) in [5, 5.41) is 0. The van der Waals surface area contributed by atoms with Gasteiger partial charge in [0.1, 0.15) is 6.26 Å².